The molecule has 3 nitrogen and oxygen atoms in total. The zero-order valence-electron chi connectivity index (χ0n) is 10.1. The Bertz CT molecular complexity index is 355. The van der Waals surface area contributed by atoms with Crippen molar-refractivity contribution >= 4 is 18.4 Å². The first-order valence-corrected chi connectivity index (χ1v) is 5.74. The molecule has 0 aliphatic heterocycles. The Morgan fingerprint density at radius 2 is 2.00 bits per heavy atom. The Morgan fingerprint density at radius 3 is 2.59 bits per heavy atom. The van der Waals surface area contributed by atoms with E-state index in [4.69, 9.17) is 10.8 Å². The molecule has 1 atom stereocenters. The quantitative estimate of drug-likeness (QED) is 0.768. The van der Waals surface area contributed by atoms with Gasteiger partial charge in [-0.1, -0.05) is 44.4 Å². The molecular weight excluding hydrogens is 238 g/mol. The van der Waals surface area contributed by atoms with E-state index in [1.165, 1.54) is 0 Å². The van der Waals surface area contributed by atoms with Crippen LogP contribution < -0.4 is 5.73 Å². The molecule has 1 aromatic rings. The summed E-state index contributed by atoms with van der Waals surface area (Å²) >= 11 is 0. The summed E-state index contributed by atoms with van der Waals surface area (Å²) in [6.07, 6.45) is 4.18. The van der Waals surface area contributed by atoms with E-state index in [9.17, 15) is 4.79 Å². The SMILES string of the molecule is CCCCC[C@@H](N)c1ccccc1C(=O)O.Cl. The third-order valence-electron chi connectivity index (χ3n) is 2.71. The van der Waals surface area contributed by atoms with Crippen molar-refractivity contribution in [1.82, 2.24) is 0 Å². The van der Waals surface area contributed by atoms with E-state index in [0.29, 0.717) is 5.56 Å². The molecule has 3 N–H and O–H groups in total. The molecule has 0 aromatic heterocycles. The molecule has 4 heteroatoms. The van der Waals surface area contributed by atoms with Gasteiger partial charge in [-0.2, -0.15) is 0 Å². The van der Waals surface area contributed by atoms with Crippen LogP contribution in [0.2, 0.25) is 0 Å². The van der Waals surface area contributed by atoms with Crippen LogP contribution in [0, 0.1) is 0 Å². The van der Waals surface area contributed by atoms with Crippen molar-refractivity contribution in [3.05, 3.63) is 35.4 Å². The summed E-state index contributed by atoms with van der Waals surface area (Å²) in [4.78, 5) is 11.0. The molecule has 1 rings (SSSR count). The second-order valence-electron chi connectivity index (χ2n) is 3.99. The molecule has 0 saturated carbocycles. The minimum Gasteiger partial charge on any atom is -0.478 e. The Hall–Kier alpha value is -1.06. The molecule has 96 valence electrons. The summed E-state index contributed by atoms with van der Waals surface area (Å²) in [5.41, 5.74) is 7.08. The highest BCUT2D eigenvalue weighted by Gasteiger charge is 2.14. The number of hydrogen-bond donors (Lipinski definition) is 2. The number of nitrogens with two attached hydrogens (primary N) is 1. The average Bonchev–Trinajstić information content (AvgIpc) is 2.29. The zero-order valence-corrected chi connectivity index (χ0v) is 10.9. The first-order chi connectivity index (χ1) is 7.66. The van der Waals surface area contributed by atoms with Gasteiger partial charge in [-0.15, -0.1) is 12.4 Å². The second kappa shape index (κ2) is 8.09. The molecule has 0 radical (unpaired) electrons. The predicted octanol–water partition coefficient (Wildman–Crippen LogP) is 3.39. The maximum atomic E-state index is 11.0. The Kier molecular flexibility index (Phi) is 7.59. The van der Waals surface area contributed by atoms with Crippen molar-refractivity contribution < 1.29 is 9.90 Å². The zero-order chi connectivity index (χ0) is 12.0. The fourth-order valence-electron chi connectivity index (χ4n) is 1.78. The van der Waals surface area contributed by atoms with Gasteiger partial charge in [0.05, 0.1) is 5.56 Å². The minimum atomic E-state index is -0.901. The first kappa shape index (κ1) is 15.9. The molecule has 0 bridgehead atoms. The van der Waals surface area contributed by atoms with Crippen molar-refractivity contribution in [1.29, 1.82) is 0 Å². The minimum absolute atomic E-state index is 0. The number of rotatable bonds is 6. The van der Waals surface area contributed by atoms with Crippen LogP contribution in [-0.2, 0) is 0 Å². The molecule has 0 aliphatic rings. The molecule has 0 amide bonds. The molecule has 1 aromatic carbocycles. The van der Waals surface area contributed by atoms with Gasteiger partial charge >= 0.3 is 5.97 Å². The molecule has 0 unspecified atom stereocenters. The first-order valence-electron chi connectivity index (χ1n) is 5.74. The number of unbranched alkanes of at least 4 members (excludes halogenated alkanes) is 2. The summed E-state index contributed by atoms with van der Waals surface area (Å²) < 4.78 is 0. The largest absolute Gasteiger partial charge is 0.478 e. The van der Waals surface area contributed by atoms with Crippen LogP contribution in [0.25, 0.3) is 0 Å². The number of aromatic carboxylic acids is 1. The number of hydrogen-bond acceptors (Lipinski definition) is 2. The maximum Gasteiger partial charge on any atom is 0.336 e. The Balaban J connectivity index is 0.00000256. The molecule has 0 fully saturated rings. The van der Waals surface area contributed by atoms with E-state index in [0.717, 1.165) is 31.2 Å². The van der Waals surface area contributed by atoms with Gasteiger partial charge in [0.25, 0.3) is 0 Å². The van der Waals surface area contributed by atoms with Gasteiger partial charge in [0.15, 0.2) is 0 Å². The lowest BCUT2D eigenvalue weighted by Crippen LogP contribution is -2.14. The summed E-state index contributed by atoms with van der Waals surface area (Å²) in [6, 6.07) is 6.81. The monoisotopic (exact) mass is 257 g/mol. The smallest absolute Gasteiger partial charge is 0.336 e. The number of benzene rings is 1. The van der Waals surface area contributed by atoms with Crippen LogP contribution in [-0.4, -0.2) is 11.1 Å². The lowest BCUT2D eigenvalue weighted by atomic mass is 9.96. The molecule has 17 heavy (non-hydrogen) atoms. The van der Waals surface area contributed by atoms with E-state index in [2.05, 4.69) is 6.92 Å². The van der Waals surface area contributed by atoms with E-state index < -0.39 is 5.97 Å². The number of carboxylic acids is 1. The van der Waals surface area contributed by atoms with Crippen LogP contribution >= 0.6 is 12.4 Å². The topological polar surface area (TPSA) is 63.3 Å². The highest BCUT2D eigenvalue weighted by Crippen LogP contribution is 2.21. The normalized spacial score (nSPS) is 11.6. The van der Waals surface area contributed by atoms with Gasteiger partial charge in [-0.3, -0.25) is 0 Å². The van der Waals surface area contributed by atoms with Crippen molar-refractivity contribution in [2.45, 2.75) is 38.6 Å². The van der Waals surface area contributed by atoms with Crippen molar-refractivity contribution in [2.24, 2.45) is 5.73 Å². The number of carbonyl (C=O) groups is 1. The molecule has 0 saturated heterocycles. The number of halogens is 1. The Labute approximate surface area is 108 Å². The van der Waals surface area contributed by atoms with Gasteiger partial charge in [0, 0.05) is 6.04 Å². The highest BCUT2D eigenvalue weighted by molar-refractivity contribution is 5.89. The molecule has 0 heterocycles. The van der Waals surface area contributed by atoms with Gasteiger partial charge in [-0.05, 0) is 18.1 Å². The van der Waals surface area contributed by atoms with Crippen LogP contribution in [0.5, 0.6) is 0 Å². The van der Waals surface area contributed by atoms with Gasteiger partial charge in [0.2, 0.25) is 0 Å². The molecule has 0 spiro atoms. The van der Waals surface area contributed by atoms with E-state index in [-0.39, 0.29) is 18.4 Å². The summed E-state index contributed by atoms with van der Waals surface area (Å²) in [7, 11) is 0. The van der Waals surface area contributed by atoms with E-state index >= 15 is 0 Å². The third kappa shape index (κ3) is 4.75. The van der Waals surface area contributed by atoms with Crippen molar-refractivity contribution in [2.75, 3.05) is 0 Å². The van der Waals surface area contributed by atoms with Crippen LogP contribution in [0.1, 0.15) is 54.6 Å². The number of carboxylic acid groups (broad SMARTS) is 1. The summed E-state index contributed by atoms with van der Waals surface area (Å²) in [6.45, 7) is 2.14. The van der Waals surface area contributed by atoms with Gasteiger partial charge in [0.1, 0.15) is 0 Å². The standard InChI is InChI=1S/C13H19NO2.ClH/c1-2-3-4-9-12(14)10-7-5-6-8-11(10)13(15)16;/h5-8,12H,2-4,9,14H2,1H3,(H,15,16);1H/t12-;/m1./s1. The molecular formula is C13H20ClNO2. The fourth-order valence-corrected chi connectivity index (χ4v) is 1.78. The third-order valence-corrected chi connectivity index (χ3v) is 2.71. The van der Waals surface area contributed by atoms with Crippen molar-refractivity contribution in [3.8, 4) is 0 Å². The van der Waals surface area contributed by atoms with Gasteiger partial charge in [-0.25, -0.2) is 4.79 Å². The fraction of sp³-hybridized carbons (Fsp3) is 0.462. The van der Waals surface area contributed by atoms with Gasteiger partial charge < -0.3 is 10.8 Å². The second-order valence-corrected chi connectivity index (χ2v) is 3.99. The average molecular weight is 258 g/mol. The summed E-state index contributed by atoms with van der Waals surface area (Å²) in [5.74, 6) is -0.901. The Morgan fingerprint density at radius 1 is 1.35 bits per heavy atom. The van der Waals surface area contributed by atoms with E-state index in [1.807, 2.05) is 6.07 Å². The van der Waals surface area contributed by atoms with Crippen molar-refractivity contribution in [3.63, 3.8) is 0 Å². The van der Waals surface area contributed by atoms with Crippen LogP contribution in [0.15, 0.2) is 24.3 Å². The van der Waals surface area contributed by atoms with E-state index in [1.54, 1.807) is 18.2 Å². The summed E-state index contributed by atoms with van der Waals surface area (Å²) in [5, 5.41) is 9.03. The predicted molar refractivity (Wildman–Crippen MR) is 71.7 cm³/mol. The van der Waals surface area contributed by atoms with Crippen LogP contribution in [0.4, 0.5) is 0 Å². The highest BCUT2D eigenvalue weighted by atomic mass is 35.5. The lowest BCUT2D eigenvalue weighted by Gasteiger charge is -2.14. The lowest BCUT2D eigenvalue weighted by molar-refractivity contribution is 0.0695. The maximum absolute atomic E-state index is 11.0. The van der Waals surface area contributed by atoms with Crippen LogP contribution in [0.3, 0.4) is 0 Å². The molecule has 0 aliphatic carbocycles.